The van der Waals surface area contributed by atoms with E-state index in [4.69, 9.17) is 0 Å². The summed E-state index contributed by atoms with van der Waals surface area (Å²) in [6.45, 7) is 5.77. The van der Waals surface area contributed by atoms with Gasteiger partial charge < -0.3 is 5.32 Å². The normalized spacial score (nSPS) is 16.4. The molecule has 2 nitrogen and oxygen atoms in total. The molecule has 0 amide bonds. The van der Waals surface area contributed by atoms with Gasteiger partial charge in [0.25, 0.3) is 0 Å². The van der Waals surface area contributed by atoms with Crippen LogP contribution >= 0.6 is 0 Å². The van der Waals surface area contributed by atoms with Crippen molar-refractivity contribution >= 4 is 6.21 Å². The van der Waals surface area contributed by atoms with Crippen LogP contribution in [0.15, 0.2) is 41.9 Å². The highest BCUT2D eigenvalue weighted by molar-refractivity contribution is 5.79. The number of benzene rings is 1. The van der Waals surface area contributed by atoms with Crippen molar-refractivity contribution in [1.29, 1.82) is 0 Å². The first-order valence-electron chi connectivity index (χ1n) is 8.31. The highest BCUT2D eigenvalue weighted by Crippen LogP contribution is 2.17. The van der Waals surface area contributed by atoms with E-state index in [1.807, 2.05) is 12.3 Å². The Bertz CT molecular complexity index is 427. The Kier molecular flexibility index (Phi) is 7.23. The predicted octanol–water partition coefficient (Wildman–Crippen LogP) is 4.15. The maximum absolute atomic E-state index is 4.51. The van der Waals surface area contributed by atoms with Crippen molar-refractivity contribution in [2.75, 3.05) is 13.1 Å². The molecule has 1 aromatic carbocycles. The second-order valence-electron chi connectivity index (χ2n) is 5.91. The van der Waals surface area contributed by atoms with Gasteiger partial charge in [0.2, 0.25) is 0 Å². The molecule has 1 fully saturated rings. The predicted molar refractivity (Wildman–Crippen MR) is 92.3 cm³/mol. The average Bonchev–Trinajstić information content (AvgIpc) is 2.53. The van der Waals surface area contributed by atoms with E-state index >= 15 is 0 Å². The first-order valence-corrected chi connectivity index (χ1v) is 8.31. The zero-order valence-corrected chi connectivity index (χ0v) is 13.1. The van der Waals surface area contributed by atoms with Gasteiger partial charge in [0, 0.05) is 18.8 Å². The number of allylic oxidation sites excluding steroid dienone is 1. The summed E-state index contributed by atoms with van der Waals surface area (Å²) in [5.74, 6) is 0. The van der Waals surface area contributed by atoms with Crippen LogP contribution in [0.2, 0.25) is 0 Å². The highest BCUT2D eigenvalue weighted by atomic mass is 14.9. The van der Waals surface area contributed by atoms with Crippen LogP contribution in [-0.4, -0.2) is 25.3 Å². The highest BCUT2D eigenvalue weighted by Gasteiger charge is 2.11. The van der Waals surface area contributed by atoms with Gasteiger partial charge in [0.1, 0.15) is 0 Å². The minimum absolute atomic E-state index is 0.764. The Hall–Kier alpha value is -1.41. The molecule has 2 heteroatoms. The summed E-state index contributed by atoms with van der Waals surface area (Å²) in [4.78, 5) is 4.51. The van der Waals surface area contributed by atoms with Gasteiger partial charge in [-0.3, -0.25) is 4.99 Å². The molecule has 0 aliphatic heterocycles. The van der Waals surface area contributed by atoms with Crippen LogP contribution in [0.4, 0.5) is 0 Å². The summed E-state index contributed by atoms with van der Waals surface area (Å²) in [5.41, 5.74) is 2.49. The Balaban J connectivity index is 1.60. The van der Waals surface area contributed by atoms with Crippen LogP contribution < -0.4 is 5.32 Å². The summed E-state index contributed by atoms with van der Waals surface area (Å²) in [5, 5.41) is 3.66. The zero-order chi connectivity index (χ0) is 14.8. The average molecular weight is 284 g/mol. The number of rotatable bonds is 8. The van der Waals surface area contributed by atoms with E-state index < -0.39 is 0 Å². The molecular formula is C19H28N2. The molecule has 0 saturated heterocycles. The maximum atomic E-state index is 4.51. The van der Waals surface area contributed by atoms with Gasteiger partial charge in [-0.25, -0.2) is 0 Å². The van der Waals surface area contributed by atoms with E-state index in [1.165, 1.54) is 43.2 Å². The summed E-state index contributed by atoms with van der Waals surface area (Å²) in [7, 11) is 0. The summed E-state index contributed by atoms with van der Waals surface area (Å²) < 4.78 is 0. The van der Waals surface area contributed by atoms with Crippen molar-refractivity contribution < 1.29 is 0 Å². The Morgan fingerprint density at radius 1 is 1.14 bits per heavy atom. The minimum atomic E-state index is 0.764. The number of aliphatic imine (C=N–C) groups is 1. The van der Waals surface area contributed by atoms with Crippen LogP contribution in [0.3, 0.4) is 0 Å². The molecule has 0 atom stereocenters. The van der Waals surface area contributed by atoms with Gasteiger partial charge >= 0.3 is 0 Å². The fourth-order valence-corrected chi connectivity index (χ4v) is 2.86. The Morgan fingerprint density at radius 2 is 1.90 bits per heavy atom. The van der Waals surface area contributed by atoms with E-state index in [-0.39, 0.29) is 0 Å². The molecule has 1 aliphatic rings. The summed E-state index contributed by atoms with van der Waals surface area (Å²) in [6, 6.07) is 9.31. The lowest BCUT2D eigenvalue weighted by atomic mass is 9.95. The number of nitrogens with zero attached hydrogens (tertiary/aromatic N) is 1. The van der Waals surface area contributed by atoms with Gasteiger partial charge in [-0.2, -0.15) is 0 Å². The lowest BCUT2D eigenvalue weighted by Gasteiger charge is -2.22. The standard InChI is InChI=1S/C19H28N2/c1-2-7-17-10-12-18(13-11-17)16-20-14-6-15-21-19-8-4-3-5-9-19/h2,10-13,16,19,21H,1,3-9,14-15H2. The van der Waals surface area contributed by atoms with Crippen LogP contribution in [-0.2, 0) is 6.42 Å². The fourth-order valence-electron chi connectivity index (χ4n) is 2.86. The second kappa shape index (κ2) is 9.51. The SMILES string of the molecule is C=CCc1ccc(C=NCCCNC2CCCCC2)cc1. The first kappa shape index (κ1) is 16.0. The summed E-state index contributed by atoms with van der Waals surface area (Å²) in [6.07, 6.45) is 12.9. The molecule has 0 heterocycles. The molecule has 0 radical (unpaired) electrons. The lowest BCUT2D eigenvalue weighted by molar-refractivity contribution is 0.373. The van der Waals surface area contributed by atoms with Crippen molar-refractivity contribution in [2.24, 2.45) is 4.99 Å². The van der Waals surface area contributed by atoms with Crippen molar-refractivity contribution in [2.45, 2.75) is 51.0 Å². The molecule has 0 unspecified atom stereocenters. The smallest absolute Gasteiger partial charge is 0.0401 e. The largest absolute Gasteiger partial charge is 0.314 e. The molecule has 2 rings (SSSR count). The van der Waals surface area contributed by atoms with Gasteiger partial charge in [-0.1, -0.05) is 49.6 Å². The molecule has 1 N–H and O–H groups in total. The van der Waals surface area contributed by atoms with E-state index in [2.05, 4.69) is 41.2 Å². The zero-order valence-electron chi connectivity index (χ0n) is 13.1. The van der Waals surface area contributed by atoms with E-state index in [0.717, 1.165) is 32.0 Å². The van der Waals surface area contributed by atoms with E-state index in [0.29, 0.717) is 0 Å². The summed E-state index contributed by atoms with van der Waals surface area (Å²) >= 11 is 0. The van der Waals surface area contributed by atoms with E-state index in [1.54, 1.807) is 0 Å². The molecule has 0 bridgehead atoms. The van der Waals surface area contributed by atoms with Crippen LogP contribution in [0.1, 0.15) is 49.7 Å². The maximum Gasteiger partial charge on any atom is 0.0401 e. The third kappa shape index (κ3) is 6.26. The van der Waals surface area contributed by atoms with Gasteiger partial charge in [0.15, 0.2) is 0 Å². The van der Waals surface area contributed by atoms with Crippen molar-refractivity contribution in [1.82, 2.24) is 5.32 Å². The van der Waals surface area contributed by atoms with Crippen LogP contribution in [0, 0.1) is 0 Å². The van der Waals surface area contributed by atoms with E-state index in [9.17, 15) is 0 Å². The monoisotopic (exact) mass is 284 g/mol. The lowest BCUT2D eigenvalue weighted by Crippen LogP contribution is -2.31. The number of hydrogen-bond donors (Lipinski definition) is 1. The third-order valence-corrected chi connectivity index (χ3v) is 4.10. The van der Waals surface area contributed by atoms with Crippen molar-refractivity contribution in [3.8, 4) is 0 Å². The van der Waals surface area contributed by atoms with Crippen LogP contribution in [0.25, 0.3) is 0 Å². The molecule has 0 aromatic heterocycles. The van der Waals surface area contributed by atoms with Gasteiger partial charge in [-0.15, -0.1) is 6.58 Å². The minimum Gasteiger partial charge on any atom is -0.314 e. The first-order chi connectivity index (χ1) is 10.4. The molecule has 0 spiro atoms. The van der Waals surface area contributed by atoms with Gasteiger partial charge in [0.05, 0.1) is 0 Å². The Morgan fingerprint density at radius 3 is 2.62 bits per heavy atom. The number of nitrogens with one attached hydrogen (secondary N) is 1. The molecule has 1 aromatic rings. The van der Waals surface area contributed by atoms with Crippen molar-refractivity contribution in [3.05, 3.63) is 48.0 Å². The fraction of sp³-hybridized carbons (Fsp3) is 0.526. The molecular weight excluding hydrogens is 256 g/mol. The number of hydrogen-bond acceptors (Lipinski definition) is 2. The van der Waals surface area contributed by atoms with Crippen molar-refractivity contribution in [3.63, 3.8) is 0 Å². The molecule has 21 heavy (non-hydrogen) atoms. The third-order valence-electron chi connectivity index (χ3n) is 4.10. The molecule has 1 saturated carbocycles. The van der Waals surface area contributed by atoms with Gasteiger partial charge in [-0.05, 0) is 43.4 Å². The topological polar surface area (TPSA) is 24.4 Å². The molecule has 1 aliphatic carbocycles. The molecule has 114 valence electrons. The van der Waals surface area contributed by atoms with Crippen LogP contribution in [0.5, 0.6) is 0 Å². The quantitative estimate of drug-likeness (QED) is 0.433. The Labute approximate surface area is 129 Å². The second-order valence-corrected chi connectivity index (χ2v) is 5.91.